The number of hydrogen-bond donors (Lipinski definition) is 1. The molecule has 4 heteroatoms. The maximum Gasteiger partial charge on any atom is 0.271 e. The minimum Gasteiger partial charge on any atom is -0.267 e. The van der Waals surface area contributed by atoms with Gasteiger partial charge in [-0.2, -0.15) is 5.10 Å². The van der Waals surface area contributed by atoms with Gasteiger partial charge in [-0.05, 0) is 36.6 Å². The SMILES string of the molecule is O=C(N/N=C/CCc1ccccc1)c1cccc(Cl)c1. The van der Waals surface area contributed by atoms with E-state index < -0.39 is 0 Å². The molecule has 0 unspecified atom stereocenters. The summed E-state index contributed by atoms with van der Waals surface area (Å²) in [4.78, 5) is 11.7. The molecule has 0 spiro atoms. The standard InChI is InChI=1S/C16H15ClN2O/c17-15-10-4-9-14(12-15)16(20)19-18-11-5-8-13-6-2-1-3-7-13/h1-4,6-7,9-12H,5,8H2,(H,19,20)/b18-11+. The average Bonchev–Trinajstić information content (AvgIpc) is 2.48. The molecule has 2 rings (SSSR count). The first-order valence-corrected chi connectivity index (χ1v) is 6.75. The zero-order valence-corrected chi connectivity index (χ0v) is 11.7. The van der Waals surface area contributed by atoms with E-state index in [0.29, 0.717) is 10.6 Å². The zero-order valence-electron chi connectivity index (χ0n) is 10.9. The number of hydrazone groups is 1. The van der Waals surface area contributed by atoms with Crippen LogP contribution in [-0.2, 0) is 6.42 Å². The minimum atomic E-state index is -0.261. The maximum absolute atomic E-state index is 11.7. The van der Waals surface area contributed by atoms with Crippen LogP contribution >= 0.6 is 11.6 Å². The summed E-state index contributed by atoms with van der Waals surface area (Å²) in [6.45, 7) is 0. The van der Waals surface area contributed by atoms with Crippen molar-refractivity contribution in [2.75, 3.05) is 0 Å². The highest BCUT2D eigenvalue weighted by Crippen LogP contribution is 2.10. The van der Waals surface area contributed by atoms with E-state index in [0.717, 1.165) is 12.8 Å². The third kappa shape index (κ3) is 4.52. The normalized spacial score (nSPS) is 10.7. The lowest BCUT2D eigenvalue weighted by Gasteiger charge is -2.00. The number of hydrogen-bond acceptors (Lipinski definition) is 2. The van der Waals surface area contributed by atoms with Crippen LogP contribution < -0.4 is 5.43 Å². The summed E-state index contributed by atoms with van der Waals surface area (Å²) in [6.07, 6.45) is 3.38. The lowest BCUT2D eigenvalue weighted by Crippen LogP contribution is -2.17. The maximum atomic E-state index is 11.7. The van der Waals surface area contributed by atoms with Crippen molar-refractivity contribution >= 4 is 23.7 Å². The number of nitrogens with one attached hydrogen (secondary N) is 1. The number of amides is 1. The van der Waals surface area contributed by atoms with E-state index in [1.54, 1.807) is 30.5 Å². The molecule has 0 atom stereocenters. The summed E-state index contributed by atoms with van der Waals surface area (Å²) in [5, 5.41) is 4.46. The second kappa shape index (κ2) is 7.46. The van der Waals surface area contributed by atoms with Crippen molar-refractivity contribution in [2.24, 2.45) is 5.10 Å². The van der Waals surface area contributed by atoms with Gasteiger partial charge in [-0.1, -0.05) is 48.0 Å². The third-order valence-electron chi connectivity index (χ3n) is 2.75. The molecule has 1 N–H and O–H groups in total. The molecular weight excluding hydrogens is 272 g/mol. The smallest absolute Gasteiger partial charge is 0.267 e. The molecule has 0 aliphatic carbocycles. The van der Waals surface area contributed by atoms with Crippen LogP contribution in [0.4, 0.5) is 0 Å². The highest BCUT2D eigenvalue weighted by atomic mass is 35.5. The molecule has 0 bridgehead atoms. The van der Waals surface area contributed by atoms with Crippen molar-refractivity contribution in [3.63, 3.8) is 0 Å². The number of nitrogens with zero attached hydrogens (tertiary/aromatic N) is 1. The first-order chi connectivity index (χ1) is 9.75. The monoisotopic (exact) mass is 286 g/mol. The molecule has 20 heavy (non-hydrogen) atoms. The van der Waals surface area contributed by atoms with Gasteiger partial charge in [0.25, 0.3) is 5.91 Å². The fourth-order valence-electron chi connectivity index (χ4n) is 1.74. The molecule has 0 radical (unpaired) electrons. The van der Waals surface area contributed by atoms with E-state index in [4.69, 9.17) is 11.6 Å². The fourth-order valence-corrected chi connectivity index (χ4v) is 1.93. The number of benzene rings is 2. The first-order valence-electron chi connectivity index (χ1n) is 6.37. The van der Waals surface area contributed by atoms with Crippen LogP contribution in [-0.4, -0.2) is 12.1 Å². The van der Waals surface area contributed by atoms with E-state index in [9.17, 15) is 4.79 Å². The van der Waals surface area contributed by atoms with Crippen molar-refractivity contribution in [1.82, 2.24) is 5.43 Å². The fraction of sp³-hybridized carbons (Fsp3) is 0.125. The summed E-state index contributed by atoms with van der Waals surface area (Å²) in [7, 11) is 0. The molecule has 0 aliphatic rings. The Kier molecular flexibility index (Phi) is 5.33. The van der Waals surface area contributed by atoms with Gasteiger partial charge in [0, 0.05) is 16.8 Å². The van der Waals surface area contributed by atoms with Crippen molar-refractivity contribution in [3.8, 4) is 0 Å². The number of carbonyl (C=O) groups is 1. The molecule has 3 nitrogen and oxygen atoms in total. The highest BCUT2D eigenvalue weighted by molar-refractivity contribution is 6.30. The van der Waals surface area contributed by atoms with Gasteiger partial charge in [0.1, 0.15) is 0 Å². The van der Waals surface area contributed by atoms with Gasteiger partial charge in [0.2, 0.25) is 0 Å². The average molecular weight is 287 g/mol. The van der Waals surface area contributed by atoms with Crippen molar-refractivity contribution in [1.29, 1.82) is 0 Å². The van der Waals surface area contributed by atoms with Gasteiger partial charge in [0.05, 0.1) is 0 Å². The number of aryl methyl sites for hydroxylation is 1. The Morgan fingerprint density at radius 1 is 1.15 bits per heavy atom. The first kappa shape index (κ1) is 14.3. The summed E-state index contributed by atoms with van der Waals surface area (Å²) >= 11 is 5.82. The van der Waals surface area contributed by atoms with Gasteiger partial charge >= 0.3 is 0 Å². The largest absolute Gasteiger partial charge is 0.271 e. The predicted molar refractivity (Wildman–Crippen MR) is 82.2 cm³/mol. The minimum absolute atomic E-state index is 0.261. The zero-order chi connectivity index (χ0) is 14.2. The van der Waals surface area contributed by atoms with Crippen molar-refractivity contribution < 1.29 is 4.79 Å². The Bertz CT molecular complexity index is 596. The second-order valence-electron chi connectivity index (χ2n) is 4.29. The van der Waals surface area contributed by atoms with E-state index in [1.807, 2.05) is 18.2 Å². The topological polar surface area (TPSA) is 41.5 Å². The summed E-state index contributed by atoms with van der Waals surface area (Å²) in [5.41, 5.74) is 4.23. The van der Waals surface area contributed by atoms with E-state index >= 15 is 0 Å². The predicted octanol–water partition coefficient (Wildman–Crippen LogP) is 3.69. The number of carbonyl (C=O) groups excluding carboxylic acids is 1. The molecule has 0 saturated heterocycles. The van der Waals surface area contributed by atoms with Crippen LogP contribution in [0.3, 0.4) is 0 Å². The quantitative estimate of drug-likeness (QED) is 0.661. The van der Waals surface area contributed by atoms with Gasteiger partial charge in [-0.15, -0.1) is 0 Å². The van der Waals surface area contributed by atoms with Gasteiger partial charge in [-0.3, -0.25) is 4.79 Å². The molecule has 1 amide bonds. The summed E-state index contributed by atoms with van der Waals surface area (Å²) < 4.78 is 0. The summed E-state index contributed by atoms with van der Waals surface area (Å²) in [6, 6.07) is 16.9. The van der Waals surface area contributed by atoms with Crippen LogP contribution in [0.2, 0.25) is 5.02 Å². The van der Waals surface area contributed by atoms with Crippen molar-refractivity contribution in [2.45, 2.75) is 12.8 Å². The number of halogens is 1. The van der Waals surface area contributed by atoms with E-state index in [1.165, 1.54) is 5.56 Å². The van der Waals surface area contributed by atoms with Gasteiger partial charge in [0.15, 0.2) is 0 Å². The number of rotatable bonds is 5. The van der Waals surface area contributed by atoms with Crippen molar-refractivity contribution in [3.05, 3.63) is 70.7 Å². The van der Waals surface area contributed by atoms with Crippen LogP contribution in [0.5, 0.6) is 0 Å². The second-order valence-corrected chi connectivity index (χ2v) is 4.72. The van der Waals surface area contributed by atoms with E-state index in [2.05, 4.69) is 22.7 Å². The molecule has 2 aromatic rings. The van der Waals surface area contributed by atoms with Gasteiger partial charge in [-0.25, -0.2) is 5.43 Å². The molecule has 0 heterocycles. The molecular formula is C16H15ClN2O. The summed E-state index contributed by atoms with van der Waals surface area (Å²) in [5.74, 6) is -0.261. The lowest BCUT2D eigenvalue weighted by molar-refractivity contribution is 0.0955. The molecule has 102 valence electrons. The Morgan fingerprint density at radius 3 is 2.70 bits per heavy atom. The molecule has 2 aromatic carbocycles. The van der Waals surface area contributed by atoms with E-state index in [-0.39, 0.29) is 5.91 Å². The Balaban J connectivity index is 1.77. The highest BCUT2D eigenvalue weighted by Gasteiger charge is 2.03. The third-order valence-corrected chi connectivity index (χ3v) is 2.98. The molecule has 0 aromatic heterocycles. The van der Waals surface area contributed by atoms with Gasteiger partial charge < -0.3 is 0 Å². The van der Waals surface area contributed by atoms with Crippen LogP contribution in [0.1, 0.15) is 22.3 Å². The molecule has 0 aliphatic heterocycles. The Hall–Kier alpha value is -2.13. The molecule has 0 fully saturated rings. The van der Waals surface area contributed by atoms with Crippen LogP contribution in [0.25, 0.3) is 0 Å². The van der Waals surface area contributed by atoms with Crippen LogP contribution in [0, 0.1) is 0 Å². The van der Waals surface area contributed by atoms with Crippen LogP contribution in [0.15, 0.2) is 59.7 Å². The Labute approximate surface area is 123 Å². The molecule has 0 saturated carbocycles. The Morgan fingerprint density at radius 2 is 1.95 bits per heavy atom. The lowest BCUT2D eigenvalue weighted by atomic mass is 10.1.